The van der Waals surface area contributed by atoms with Crippen LogP contribution in [0.5, 0.6) is 11.5 Å². The van der Waals surface area contributed by atoms with E-state index in [0.717, 1.165) is 41.1 Å². The fourth-order valence-corrected chi connectivity index (χ4v) is 11.7. The third-order valence-electron chi connectivity index (χ3n) is 12.9. The van der Waals surface area contributed by atoms with Crippen LogP contribution in [0.4, 0.5) is 22.7 Å². The number of nitrogens with zero attached hydrogens (tertiary/aromatic N) is 4. The van der Waals surface area contributed by atoms with Crippen molar-refractivity contribution >= 4 is 86.3 Å². The van der Waals surface area contributed by atoms with Crippen molar-refractivity contribution in [3.8, 4) is 11.5 Å². The first-order valence-electron chi connectivity index (χ1n) is 24.9. The summed E-state index contributed by atoms with van der Waals surface area (Å²) >= 11 is 0. The van der Waals surface area contributed by atoms with E-state index in [1.54, 1.807) is 65.6 Å². The van der Waals surface area contributed by atoms with E-state index >= 15 is 0 Å². The van der Waals surface area contributed by atoms with Gasteiger partial charge in [-0.1, -0.05) is 58.0 Å². The minimum absolute atomic E-state index is 0.0183. The Balaban J connectivity index is 1.02. The summed E-state index contributed by atoms with van der Waals surface area (Å²) in [5.74, 6) is 0.168. The molecular weight excluding hydrogens is 965 g/mol. The van der Waals surface area contributed by atoms with Crippen LogP contribution in [0.2, 0.25) is 0 Å². The summed E-state index contributed by atoms with van der Waals surface area (Å²) < 4.78 is 18.6. The largest absolute Gasteiger partial charge is 0.493 e. The first-order valence-corrected chi connectivity index (χ1v) is 27.2. The molecule has 7 rings (SSSR count). The lowest BCUT2D eigenvalue weighted by molar-refractivity contribution is -0.130. The van der Waals surface area contributed by atoms with E-state index in [1.807, 2.05) is 74.8 Å². The van der Waals surface area contributed by atoms with Gasteiger partial charge in [-0.2, -0.15) is 0 Å². The van der Waals surface area contributed by atoms with Crippen LogP contribution in [0.25, 0.3) is 0 Å². The maximum atomic E-state index is 14.1. The fourth-order valence-electron chi connectivity index (χ4n) is 9.01. The second-order valence-electron chi connectivity index (χ2n) is 19.0. The maximum Gasteiger partial charge on any atom is 0.261 e. The van der Waals surface area contributed by atoms with Gasteiger partial charge in [0, 0.05) is 78.9 Å². The van der Waals surface area contributed by atoms with Gasteiger partial charge < -0.3 is 40.4 Å². The Bertz CT molecular complexity index is 2710. The van der Waals surface area contributed by atoms with E-state index in [-0.39, 0.29) is 60.4 Å². The molecule has 0 saturated heterocycles. The highest BCUT2D eigenvalue weighted by Gasteiger charge is 2.37. The Morgan fingerprint density at radius 1 is 0.863 bits per heavy atom. The van der Waals surface area contributed by atoms with Gasteiger partial charge in [-0.25, -0.2) is 0 Å². The van der Waals surface area contributed by atoms with Crippen LogP contribution in [0, 0.1) is 0 Å². The molecule has 388 valence electrons. The van der Waals surface area contributed by atoms with Gasteiger partial charge in [0.1, 0.15) is 24.9 Å². The molecule has 0 saturated carbocycles. The number of carbonyl (C=O) groups is 5. The highest BCUT2D eigenvalue weighted by molar-refractivity contribution is 8.77. The van der Waals surface area contributed by atoms with Crippen molar-refractivity contribution in [2.45, 2.75) is 128 Å². The summed E-state index contributed by atoms with van der Waals surface area (Å²) in [5.41, 5.74) is 7.05. The number of hydrogen-bond acceptors (Lipinski definition) is 13. The number of hydrogen-bond donors (Lipinski definition) is 4. The molecule has 18 heteroatoms. The van der Waals surface area contributed by atoms with Gasteiger partial charge in [-0.15, -0.1) is 0 Å². The van der Waals surface area contributed by atoms with Gasteiger partial charge in [0.05, 0.1) is 37.1 Å². The maximum absolute atomic E-state index is 14.1. The van der Waals surface area contributed by atoms with Crippen LogP contribution in [0.15, 0.2) is 88.8 Å². The zero-order valence-corrected chi connectivity index (χ0v) is 44.6. The Labute approximate surface area is 436 Å². The third-order valence-corrected chi connectivity index (χ3v) is 16.3. The summed E-state index contributed by atoms with van der Waals surface area (Å²) in [4.78, 5) is 79.0. The molecule has 4 aromatic carbocycles. The topological polar surface area (TPSA) is 192 Å². The molecule has 0 aliphatic carbocycles. The molecule has 0 fully saturated rings. The van der Waals surface area contributed by atoms with Crippen molar-refractivity contribution in [2.24, 2.45) is 9.98 Å². The van der Waals surface area contributed by atoms with E-state index in [0.29, 0.717) is 59.8 Å². The molecule has 3 aliphatic heterocycles. The number of nitrogens with one attached hydrogen (secondary N) is 4. The number of anilines is 3. The number of amides is 5. The molecular formula is C55H68N8O8S2. The monoisotopic (exact) mass is 1030 g/mol. The minimum Gasteiger partial charge on any atom is -0.493 e. The molecule has 5 amide bonds. The first-order chi connectivity index (χ1) is 35.1. The Morgan fingerprint density at radius 2 is 1.56 bits per heavy atom. The number of aliphatic imine (C=N–C) groups is 2. The average molecular weight is 1030 g/mol. The Kier molecular flexibility index (Phi) is 18.7. The van der Waals surface area contributed by atoms with E-state index in [2.05, 4.69) is 57.1 Å². The number of para-hydroxylation sites is 2. The molecule has 4 aromatic rings. The van der Waals surface area contributed by atoms with Gasteiger partial charge >= 0.3 is 0 Å². The molecule has 16 nitrogen and oxygen atoms in total. The van der Waals surface area contributed by atoms with Gasteiger partial charge in [0.15, 0.2) is 11.5 Å². The zero-order chi connectivity index (χ0) is 52.2. The van der Waals surface area contributed by atoms with Crippen molar-refractivity contribution < 1.29 is 38.2 Å². The predicted octanol–water partition coefficient (Wildman–Crippen LogP) is 8.36. The minimum atomic E-state index is -0.962. The normalized spacial score (nSPS) is 16.9. The van der Waals surface area contributed by atoms with Crippen LogP contribution in [-0.2, 0) is 50.0 Å². The Hall–Kier alpha value is -6.37. The standard InChI is InChI=1S/C55H68N8O8S2/c1-9-57-30-42-26-39-15-10-12-17-46(39)62(42)36(4)70-32-37-23-38(33-71-49-29-45-44(28-48(49)69-8)54(68)63-43(31-58-45)27-40-16-11-13-18-47(40)63)25-41(24-37)61-53(67)35(3)60-52(66)34(2)59-51(65)20-21-55(5,6)73-72-22-14-19-50(64)56-7/h10-13,15-18,23-25,28-31,34-36,42-43H,9,14,19-22,26-27,32-33H2,1-8H3,(H,56,64)(H,59,65)(H,60,66)(H,61,67)/t34-,35-,36?,42-,43-/m0/s1. The first kappa shape index (κ1) is 54.4. The molecule has 0 spiro atoms. The number of methoxy groups -OCH3 is 1. The molecule has 0 bridgehead atoms. The van der Waals surface area contributed by atoms with E-state index in [1.165, 1.54) is 12.7 Å². The van der Waals surface area contributed by atoms with Crippen molar-refractivity contribution in [3.05, 3.63) is 107 Å². The molecule has 3 aliphatic rings. The number of rotatable bonds is 24. The molecule has 0 radical (unpaired) electrons. The van der Waals surface area contributed by atoms with Crippen LogP contribution in [-0.4, -0.2) is 104 Å². The number of ether oxygens (including phenoxy) is 3. The Morgan fingerprint density at radius 3 is 2.29 bits per heavy atom. The summed E-state index contributed by atoms with van der Waals surface area (Å²) in [7, 11) is 6.50. The average Bonchev–Trinajstić information content (AvgIpc) is 3.91. The summed E-state index contributed by atoms with van der Waals surface area (Å²) in [6, 6.07) is 23.1. The number of carbonyl (C=O) groups excluding carboxylic acids is 5. The molecule has 3 heterocycles. The number of benzene rings is 4. The fraction of sp³-hybridized carbons (Fsp3) is 0.436. The van der Waals surface area contributed by atoms with E-state index in [9.17, 15) is 24.0 Å². The smallest absolute Gasteiger partial charge is 0.261 e. The van der Waals surface area contributed by atoms with Gasteiger partial charge in [-0.05, 0) is 119 Å². The third kappa shape index (κ3) is 14.0. The lowest BCUT2D eigenvalue weighted by Crippen LogP contribution is -2.50. The summed E-state index contributed by atoms with van der Waals surface area (Å²) in [6.45, 7) is 12.2. The second-order valence-corrected chi connectivity index (χ2v) is 22.1. The van der Waals surface area contributed by atoms with E-state index < -0.39 is 23.9 Å². The quantitative estimate of drug-likeness (QED) is 0.0300. The molecule has 5 atom stereocenters. The molecule has 73 heavy (non-hydrogen) atoms. The molecule has 0 aromatic heterocycles. The molecule has 4 N–H and O–H groups in total. The molecule has 1 unspecified atom stereocenters. The SMILES string of the molecule is CCN=C[C@@H]1Cc2ccccc2N1C(C)OCc1cc(COc2cc3c(cc2OC)C(=O)N2c4ccccc4C[C@H]2C=N3)cc(NC(=O)[C@H](C)NC(=O)[C@H](C)NC(=O)CCC(C)(C)SSCCCC(=O)NC)c1. The summed E-state index contributed by atoms with van der Waals surface area (Å²) in [6.07, 6.45) is 6.99. The van der Waals surface area contributed by atoms with Crippen LogP contribution < -0.4 is 40.5 Å². The second kappa shape index (κ2) is 25.0. The van der Waals surface area contributed by atoms with Crippen LogP contribution in [0.1, 0.15) is 99.8 Å². The van der Waals surface area contributed by atoms with E-state index in [4.69, 9.17) is 19.2 Å². The van der Waals surface area contributed by atoms with Crippen molar-refractivity contribution in [1.29, 1.82) is 0 Å². The van der Waals surface area contributed by atoms with Crippen LogP contribution in [0.3, 0.4) is 0 Å². The van der Waals surface area contributed by atoms with Crippen molar-refractivity contribution in [1.82, 2.24) is 16.0 Å². The highest BCUT2D eigenvalue weighted by Crippen LogP contribution is 2.42. The van der Waals surface area contributed by atoms with Gasteiger partial charge in [0.25, 0.3) is 5.91 Å². The van der Waals surface area contributed by atoms with Crippen LogP contribution >= 0.6 is 21.6 Å². The lowest BCUT2D eigenvalue weighted by Gasteiger charge is -2.31. The lowest BCUT2D eigenvalue weighted by atomic mass is 10.1. The van der Waals surface area contributed by atoms with Crippen molar-refractivity contribution in [2.75, 3.05) is 41.6 Å². The van der Waals surface area contributed by atoms with Crippen molar-refractivity contribution in [3.63, 3.8) is 0 Å². The predicted molar refractivity (Wildman–Crippen MR) is 293 cm³/mol. The number of fused-ring (bicyclic) bond motifs is 5. The zero-order valence-electron chi connectivity index (χ0n) is 43.0. The highest BCUT2D eigenvalue weighted by atomic mass is 33.1. The van der Waals surface area contributed by atoms with Gasteiger partial charge in [0.2, 0.25) is 23.6 Å². The van der Waals surface area contributed by atoms with Gasteiger partial charge in [-0.3, -0.25) is 38.9 Å². The summed E-state index contributed by atoms with van der Waals surface area (Å²) in [5, 5.41) is 11.1.